The van der Waals surface area contributed by atoms with Crippen LogP contribution in [0, 0.1) is 21.7 Å². The highest BCUT2D eigenvalue weighted by atomic mass is 19.1. The van der Waals surface area contributed by atoms with Crippen molar-refractivity contribution in [3.8, 4) is 5.75 Å². The number of nitrogens with zero attached hydrogens (tertiary/aromatic N) is 2. The van der Waals surface area contributed by atoms with Crippen LogP contribution in [0.25, 0.3) is 5.57 Å². The quantitative estimate of drug-likeness (QED) is 0.341. The number of carbonyl (C=O) groups excluding carboxylic acids is 2. The molecule has 33 heavy (non-hydrogen) atoms. The number of non-ortho nitro benzene ring substituents is 1. The number of methoxy groups -OCH3 is 1. The molecule has 166 valence electrons. The zero-order valence-corrected chi connectivity index (χ0v) is 17.0. The highest BCUT2D eigenvalue weighted by Gasteiger charge is 2.41. The van der Waals surface area contributed by atoms with Crippen LogP contribution in [-0.4, -0.2) is 23.8 Å². The second kappa shape index (κ2) is 8.50. The number of nitrogens with one attached hydrogen (secondary N) is 1. The summed E-state index contributed by atoms with van der Waals surface area (Å²) in [6, 6.07) is 14.0. The van der Waals surface area contributed by atoms with E-state index in [1.54, 1.807) is 24.3 Å². The molecular weight excluding hydrogens is 436 g/mol. The first-order valence-corrected chi connectivity index (χ1v) is 9.54. The van der Waals surface area contributed by atoms with Crippen molar-refractivity contribution in [3.63, 3.8) is 0 Å². The number of imide groups is 1. The topological polar surface area (TPSA) is 102 Å². The van der Waals surface area contributed by atoms with Crippen molar-refractivity contribution in [2.45, 2.75) is 0 Å². The minimum atomic E-state index is -0.973. The van der Waals surface area contributed by atoms with Gasteiger partial charge in [0.05, 0.1) is 29.0 Å². The van der Waals surface area contributed by atoms with Crippen molar-refractivity contribution < 1.29 is 28.0 Å². The van der Waals surface area contributed by atoms with E-state index in [1.165, 1.54) is 31.4 Å². The molecule has 3 aromatic carbocycles. The van der Waals surface area contributed by atoms with E-state index in [2.05, 4.69) is 5.32 Å². The maximum absolute atomic E-state index is 14.5. The van der Waals surface area contributed by atoms with Gasteiger partial charge in [-0.1, -0.05) is 12.1 Å². The van der Waals surface area contributed by atoms with Crippen molar-refractivity contribution >= 4 is 34.4 Å². The standard InChI is InChI=1S/C23H15F2N3O5/c1-33-19-5-3-2-4-17(19)26-21-20(13-6-9-15(10-7-13)28(31)32)22(29)27(23(21)30)18-12-14(24)8-11-16(18)25/h2-12,26H,1H3. The van der Waals surface area contributed by atoms with Gasteiger partial charge in [-0.15, -0.1) is 0 Å². The van der Waals surface area contributed by atoms with E-state index in [0.717, 1.165) is 18.2 Å². The zero-order valence-electron chi connectivity index (χ0n) is 17.0. The molecule has 0 fully saturated rings. The summed E-state index contributed by atoms with van der Waals surface area (Å²) in [5.74, 6) is -3.29. The predicted molar refractivity (Wildman–Crippen MR) is 115 cm³/mol. The molecule has 0 aliphatic carbocycles. The summed E-state index contributed by atoms with van der Waals surface area (Å²) in [5, 5.41) is 13.8. The highest BCUT2D eigenvalue weighted by Crippen LogP contribution is 2.37. The van der Waals surface area contributed by atoms with Gasteiger partial charge in [-0.2, -0.15) is 0 Å². The summed E-state index contributed by atoms with van der Waals surface area (Å²) in [6.07, 6.45) is 0. The average molecular weight is 451 g/mol. The molecule has 1 heterocycles. The first kappa shape index (κ1) is 21.6. The molecule has 4 rings (SSSR count). The van der Waals surface area contributed by atoms with Crippen molar-refractivity contribution in [1.29, 1.82) is 0 Å². The Hall–Kier alpha value is -4.60. The third-order valence-corrected chi connectivity index (χ3v) is 4.97. The second-order valence-electron chi connectivity index (χ2n) is 6.92. The van der Waals surface area contributed by atoms with Crippen LogP contribution in [0.4, 0.5) is 25.8 Å². The maximum Gasteiger partial charge on any atom is 0.282 e. The van der Waals surface area contributed by atoms with Crippen molar-refractivity contribution in [2.75, 3.05) is 17.3 Å². The minimum Gasteiger partial charge on any atom is -0.495 e. The highest BCUT2D eigenvalue weighted by molar-refractivity contribution is 6.46. The van der Waals surface area contributed by atoms with Gasteiger partial charge in [0.15, 0.2) is 0 Å². The van der Waals surface area contributed by atoms with Crippen LogP contribution in [0.15, 0.2) is 72.4 Å². The van der Waals surface area contributed by atoms with E-state index < -0.39 is 34.1 Å². The number of ether oxygens (including phenoxy) is 1. The number of rotatable bonds is 6. The Morgan fingerprint density at radius 3 is 2.33 bits per heavy atom. The summed E-state index contributed by atoms with van der Waals surface area (Å²) in [6.45, 7) is 0. The lowest BCUT2D eigenvalue weighted by molar-refractivity contribution is -0.384. The van der Waals surface area contributed by atoms with Gasteiger partial charge in [-0.25, -0.2) is 13.7 Å². The van der Waals surface area contributed by atoms with E-state index >= 15 is 0 Å². The summed E-state index contributed by atoms with van der Waals surface area (Å²) < 4.78 is 33.5. The maximum atomic E-state index is 14.5. The molecule has 1 aliphatic rings. The number of hydrogen-bond donors (Lipinski definition) is 1. The Balaban J connectivity index is 1.87. The van der Waals surface area contributed by atoms with Gasteiger partial charge < -0.3 is 10.1 Å². The number of para-hydroxylation sites is 2. The van der Waals surface area contributed by atoms with Gasteiger partial charge >= 0.3 is 0 Å². The van der Waals surface area contributed by atoms with Crippen molar-refractivity contribution in [2.24, 2.45) is 0 Å². The Morgan fingerprint density at radius 1 is 0.970 bits per heavy atom. The van der Waals surface area contributed by atoms with E-state index in [-0.39, 0.29) is 22.5 Å². The molecule has 0 atom stereocenters. The van der Waals surface area contributed by atoms with Crippen molar-refractivity contribution in [3.05, 3.63) is 99.7 Å². The van der Waals surface area contributed by atoms with E-state index in [9.17, 15) is 28.5 Å². The molecule has 1 N–H and O–H groups in total. The molecule has 0 saturated heterocycles. The lowest BCUT2D eigenvalue weighted by Gasteiger charge is -2.16. The second-order valence-corrected chi connectivity index (χ2v) is 6.92. The Morgan fingerprint density at radius 2 is 1.67 bits per heavy atom. The third kappa shape index (κ3) is 3.89. The molecule has 0 unspecified atom stereocenters. The number of benzene rings is 3. The molecule has 0 spiro atoms. The Kier molecular flexibility index (Phi) is 5.57. The zero-order chi connectivity index (χ0) is 23.7. The number of hydrogen-bond acceptors (Lipinski definition) is 6. The van der Waals surface area contributed by atoms with Crippen LogP contribution >= 0.6 is 0 Å². The van der Waals surface area contributed by atoms with E-state index in [1.807, 2.05) is 0 Å². The van der Waals surface area contributed by atoms with E-state index in [0.29, 0.717) is 16.3 Å². The van der Waals surface area contributed by atoms with Gasteiger partial charge in [0, 0.05) is 18.2 Å². The number of anilines is 2. The average Bonchev–Trinajstić information content (AvgIpc) is 3.05. The normalized spacial score (nSPS) is 13.5. The molecule has 0 aromatic heterocycles. The molecule has 0 radical (unpaired) electrons. The van der Waals surface area contributed by atoms with Crippen LogP contribution in [-0.2, 0) is 9.59 Å². The fraction of sp³-hybridized carbons (Fsp3) is 0.0435. The van der Waals surface area contributed by atoms with Gasteiger partial charge in [0.25, 0.3) is 17.5 Å². The number of amides is 2. The fourth-order valence-corrected chi connectivity index (χ4v) is 3.42. The van der Waals surface area contributed by atoms with Gasteiger partial charge in [0.2, 0.25) is 0 Å². The van der Waals surface area contributed by atoms with Gasteiger partial charge in [-0.05, 0) is 42.0 Å². The molecule has 8 nitrogen and oxygen atoms in total. The number of carbonyl (C=O) groups is 2. The molecular formula is C23H15F2N3O5. The smallest absolute Gasteiger partial charge is 0.282 e. The number of nitro groups is 1. The SMILES string of the molecule is COc1ccccc1NC1=C(c2ccc([N+](=O)[O-])cc2)C(=O)N(c2cc(F)ccc2F)C1=O. The summed E-state index contributed by atoms with van der Waals surface area (Å²) >= 11 is 0. The predicted octanol–water partition coefficient (Wildman–Crippen LogP) is 4.28. The summed E-state index contributed by atoms with van der Waals surface area (Å²) in [4.78, 5) is 37.5. The summed E-state index contributed by atoms with van der Waals surface area (Å²) in [5.41, 5.74) is -0.635. The van der Waals surface area contributed by atoms with E-state index in [4.69, 9.17) is 4.74 Å². The van der Waals surface area contributed by atoms with Crippen LogP contribution in [0.2, 0.25) is 0 Å². The number of nitro benzene ring substituents is 1. The first-order valence-electron chi connectivity index (χ1n) is 9.54. The third-order valence-electron chi connectivity index (χ3n) is 4.97. The van der Waals surface area contributed by atoms with Crippen LogP contribution in [0.5, 0.6) is 5.75 Å². The summed E-state index contributed by atoms with van der Waals surface area (Å²) in [7, 11) is 1.42. The Bertz CT molecular complexity index is 1320. The minimum absolute atomic E-state index is 0.163. The first-order chi connectivity index (χ1) is 15.8. The van der Waals surface area contributed by atoms with Gasteiger partial charge in [-0.3, -0.25) is 19.7 Å². The van der Waals surface area contributed by atoms with Crippen LogP contribution < -0.4 is 15.0 Å². The number of halogens is 2. The van der Waals surface area contributed by atoms with Crippen LogP contribution in [0.1, 0.15) is 5.56 Å². The largest absolute Gasteiger partial charge is 0.495 e. The molecule has 0 bridgehead atoms. The molecule has 10 heteroatoms. The monoisotopic (exact) mass is 451 g/mol. The molecule has 2 amide bonds. The lowest BCUT2D eigenvalue weighted by atomic mass is 10.0. The van der Waals surface area contributed by atoms with Crippen molar-refractivity contribution in [1.82, 2.24) is 0 Å². The van der Waals surface area contributed by atoms with Gasteiger partial charge in [0.1, 0.15) is 23.1 Å². The molecule has 0 saturated carbocycles. The fourth-order valence-electron chi connectivity index (χ4n) is 3.42. The molecule has 3 aromatic rings. The Labute approximate surface area is 185 Å². The molecule has 1 aliphatic heterocycles. The van der Waals surface area contributed by atoms with Crippen LogP contribution in [0.3, 0.4) is 0 Å². The lowest BCUT2D eigenvalue weighted by Crippen LogP contribution is -2.33.